The Bertz CT molecular complexity index is 1160. The summed E-state index contributed by atoms with van der Waals surface area (Å²) in [4.78, 5) is 29.9. The van der Waals surface area contributed by atoms with E-state index >= 15 is 0 Å². The summed E-state index contributed by atoms with van der Waals surface area (Å²) in [5.41, 5.74) is 0.708. The van der Waals surface area contributed by atoms with Gasteiger partial charge in [0.2, 0.25) is 11.8 Å². The predicted molar refractivity (Wildman–Crippen MR) is 128 cm³/mol. The minimum Gasteiger partial charge on any atom is -0.492 e. The van der Waals surface area contributed by atoms with Crippen molar-refractivity contribution in [1.29, 1.82) is 0 Å². The largest absolute Gasteiger partial charge is 0.492 e. The monoisotopic (exact) mass is 504 g/mol. The molecule has 2 amide bonds. The van der Waals surface area contributed by atoms with E-state index in [4.69, 9.17) is 4.74 Å². The van der Waals surface area contributed by atoms with Gasteiger partial charge in [-0.05, 0) is 31.2 Å². The topological polar surface area (TPSA) is 101 Å². The van der Waals surface area contributed by atoms with Gasteiger partial charge in [-0.15, -0.1) is 0 Å². The van der Waals surface area contributed by atoms with Gasteiger partial charge < -0.3 is 20.3 Å². The number of nitrogens with zero attached hydrogens (tertiary/aromatic N) is 4. The summed E-state index contributed by atoms with van der Waals surface area (Å²) in [6.07, 6.45) is -0.495. The SMILES string of the molecule is Cc1ccc(OCCN(C)C(=O)Cn2cc(NC(=O)CCNc3cc(C(F)(F)F)ccn3)cn2)cc1. The number of nitrogens with one attached hydrogen (secondary N) is 2. The van der Waals surface area contributed by atoms with E-state index in [1.165, 1.54) is 22.0 Å². The molecule has 192 valence electrons. The summed E-state index contributed by atoms with van der Waals surface area (Å²) >= 11 is 0. The summed E-state index contributed by atoms with van der Waals surface area (Å²) in [5.74, 6) is 0.208. The smallest absolute Gasteiger partial charge is 0.416 e. The first-order chi connectivity index (χ1) is 17.1. The standard InChI is InChI=1S/C24H27F3N6O3/c1-17-3-5-20(6-4-17)36-12-11-32(2)23(35)16-33-15-19(14-30-33)31-22(34)8-10-29-21-13-18(7-9-28-21)24(25,26)27/h3-7,9,13-15H,8,10-12,16H2,1-2H3,(H,28,29)(H,31,34). The number of benzene rings is 1. The molecule has 0 saturated heterocycles. The maximum atomic E-state index is 12.8. The number of ether oxygens (including phenoxy) is 1. The molecule has 0 radical (unpaired) electrons. The van der Waals surface area contributed by atoms with Crippen LogP contribution in [0.5, 0.6) is 5.75 Å². The minimum atomic E-state index is -4.47. The number of halogens is 3. The summed E-state index contributed by atoms with van der Waals surface area (Å²) in [6, 6.07) is 9.39. The van der Waals surface area contributed by atoms with E-state index in [0.717, 1.165) is 29.6 Å². The minimum absolute atomic E-state index is 0.00818. The number of carbonyl (C=O) groups is 2. The van der Waals surface area contributed by atoms with Crippen LogP contribution in [0.2, 0.25) is 0 Å². The second-order valence-electron chi connectivity index (χ2n) is 8.06. The van der Waals surface area contributed by atoms with Crippen molar-refractivity contribution in [2.75, 3.05) is 37.4 Å². The molecule has 0 fully saturated rings. The summed E-state index contributed by atoms with van der Waals surface area (Å²) < 4.78 is 45.3. The number of carbonyl (C=O) groups excluding carboxylic acids is 2. The van der Waals surface area contributed by atoms with E-state index in [0.29, 0.717) is 18.8 Å². The number of rotatable bonds is 11. The zero-order chi connectivity index (χ0) is 26.1. The highest BCUT2D eigenvalue weighted by molar-refractivity contribution is 5.90. The summed E-state index contributed by atoms with van der Waals surface area (Å²) in [7, 11) is 1.67. The molecule has 0 bridgehead atoms. The Morgan fingerprint density at radius 3 is 2.64 bits per heavy atom. The Morgan fingerprint density at radius 1 is 1.17 bits per heavy atom. The number of amides is 2. The molecule has 2 aromatic heterocycles. The molecule has 36 heavy (non-hydrogen) atoms. The van der Waals surface area contributed by atoms with E-state index in [9.17, 15) is 22.8 Å². The van der Waals surface area contributed by atoms with E-state index in [1.807, 2.05) is 31.2 Å². The number of hydrogen-bond donors (Lipinski definition) is 2. The number of aryl methyl sites for hydroxylation is 1. The lowest BCUT2D eigenvalue weighted by Gasteiger charge is -2.17. The molecule has 0 aliphatic rings. The fourth-order valence-electron chi connectivity index (χ4n) is 3.06. The maximum absolute atomic E-state index is 12.8. The molecular weight excluding hydrogens is 477 g/mol. The summed E-state index contributed by atoms with van der Waals surface area (Å²) in [5, 5.41) is 9.41. The third-order valence-corrected chi connectivity index (χ3v) is 5.10. The quantitative estimate of drug-likeness (QED) is 0.414. The zero-order valence-corrected chi connectivity index (χ0v) is 19.9. The van der Waals surface area contributed by atoms with Crippen molar-refractivity contribution >= 4 is 23.3 Å². The molecule has 3 aromatic rings. The van der Waals surface area contributed by atoms with Crippen LogP contribution in [0.1, 0.15) is 17.5 Å². The van der Waals surface area contributed by atoms with Crippen LogP contribution in [-0.2, 0) is 22.3 Å². The van der Waals surface area contributed by atoms with Crippen molar-refractivity contribution in [3.8, 4) is 5.75 Å². The van der Waals surface area contributed by atoms with E-state index in [1.54, 1.807) is 7.05 Å². The Labute approximate surface area is 206 Å². The van der Waals surface area contributed by atoms with Crippen LogP contribution in [0.4, 0.5) is 24.7 Å². The van der Waals surface area contributed by atoms with Gasteiger partial charge in [-0.1, -0.05) is 17.7 Å². The average molecular weight is 505 g/mol. The van der Waals surface area contributed by atoms with Crippen LogP contribution in [-0.4, -0.2) is 58.2 Å². The van der Waals surface area contributed by atoms with Crippen LogP contribution in [0.25, 0.3) is 0 Å². The fourth-order valence-corrected chi connectivity index (χ4v) is 3.06. The fraction of sp³-hybridized carbons (Fsp3) is 0.333. The van der Waals surface area contributed by atoms with Gasteiger partial charge >= 0.3 is 6.18 Å². The molecule has 0 aliphatic carbocycles. The van der Waals surface area contributed by atoms with Crippen LogP contribution < -0.4 is 15.4 Å². The number of pyridine rings is 1. The predicted octanol–water partition coefficient (Wildman–Crippen LogP) is 3.58. The van der Waals surface area contributed by atoms with Crippen molar-refractivity contribution in [2.24, 2.45) is 0 Å². The lowest BCUT2D eigenvalue weighted by molar-refractivity contribution is -0.137. The Balaban J connectivity index is 1.38. The molecular formula is C24H27F3N6O3. The van der Waals surface area contributed by atoms with Crippen molar-refractivity contribution in [1.82, 2.24) is 19.7 Å². The molecule has 0 unspecified atom stereocenters. The lowest BCUT2D eigenvalue weighted by Crippen LogP contribution is -2.33. The first kappa shape index (κ1) is 26.5. The van der Waals surface area contributed by atoms with Crippen LogP contribution in [0, 0.1) is 6.92 Å². The van der Waals surface area contributed by atoms with Crippen molar-refractivity contribution in [3.05, 3.63) is 66.1 Å². The van der Waals surface area contributed by atoms with Crippen LogP contribution in [0.15, 0.2) is 55.0 Å². The van der Waals surface area contributed by atoms with E-state index in [2.05, 4.69) is 20.7 Å². The molecule has 0 saturated carbocycles. The van der Waals surface area contributed by atoms with Gasteiger partial charge in [-0.2, -0.15) is 18.3 Å². The van der Waals surface area contributed by atoms with Crippen molar-refractivity contribution in [3.63, 3.8) is 0 Å². The molecule has 0 atom stereocenters. The number of anilines is 2. The van der Waals surface area contributed by atoms with Gasteiger partial charge in [0.1, 0.15) is 24.7 Å². The molecule has 2 N–H and O–H groups in total. The first-order valence-corrected chi connectivity index (χ1v) is 11.1. The highest BCUT2D eigenvalue weighted by atomic mass is 19.4. The van der Waals surface area contributed by atoms with Gasteiger partial charge in [-0.25, -0.2) is 4.98 Å². The molecule has 3 rings (SSSR count). The highest BCUT2D eigenvalue weighted by Crippen LogP contribution is 2.29. The Morgan fingerprint density at radius 2 is 1.92 bits per heavy atom. The maximum Gasteiger partial charge on any atom is 0.416 e. The zero-order valence-electron chi connectivity index (χ0n) is 19.9. The van der Waals surface area contributed by atoms with Gasteiger partial charge in [0.05, 0.1) is 24.0 Å². The second kappa shape index (κ2) is 12.0. The molecule has 2 heterocycles. The molecule has 1 aromatic carbocycles. The Kier molecular flexibility index (Phi) is 8.87. The normalized spacial score (nSPS) is 11.1. The van der Waals surface area contributed by atoms with Gasteiger partial charge in [0.25, 0.3) is 0 Å². The number of aromatic nitrogens is 3. The number of likely N-dealkylation sites (N-methyl/N-ethyl adjacent to an activating group) is 1. The van der Waals surface area contributed by atoms with Crippen molar-refractivity contribution in [2.45, 2.75) is 26.1 Å². The molecule has 0 aliphatic heterocycles. The number of hydrogen-bond acceptors (Lipinski definition) is 6. The van der Waals surface area contributed by atoms with Gasteiger partial charge in [0, 0.05) is 32.4 Å². The summed E-state index contributed by atoms with van der Waals surface area (Å²) in [6.45, 7) is 2.80. The third kappa shape index (κ3) is 8.29. The van der Waals surface area contributed by atoms with Gasteiger partial charge in [0.15, 0.2) is 0 Å². The van der Waals surface area contributed by atoms with E-state index in [-0.39, 0.29) is 37.1 Å². The van der Waals surface area contributed by atoms with Crippen molar-refractivity contribution < 1.29 is 27.5 Å². The van der Waals surface area contributed by atoms with Crippen LogP contribution >= 0.6 is 0 Å². The highest BCUT2D eigenvalue weighted by Gasteiger charge is 2.30. The molecule has 0 spiro atoms. The number of alkyl halides is 3. The average Bonchev–Trinajstić information content (AvgIpc) is 3.26. The lowest BCUT2D eigenvalue weighted by atomic mass is 10.2. The van der Waals surface area contributed by atoms with Gasteiger partial charge in [-0.3, -0.25) is 14.3 Å². The first-order valence-electron chi connectivity index (χ1n) is 11.1. The van der Waals surface area contributed by atoms with E-state index < -0.39 is 11.7 Å². The Hall–Kier alpha value is -4.09. The molecule has 9 nitrogen and oxygen atoms in total. The third-order valence-electron chi connectivity index (χ3n) is 5.10. The molecule has 12 heteroatoms. The van der Waals surface area contributed by atoms with Crippen LogP contribution in [0.3, 0.4) is 0 Å². The second-order valence-corrected chi connectivity index (χ2v) is 8.06.